The fourth-order valence-corrected chi connectivity index (χ4v) is 5.76. The molecule has 1 amide bonds. The Labute approximate surface area is 241 Å². The number of nitrogens with zero attached hydrogens (tertiary/aromatic N) is 3. The molecular formula is C33H40N4O4. The van der Waals surface area contributed by atoms with Gasteiger partial charge in [0.25, 0.3) is 5.91 Å². The zero-order chi connectivity index (χ0) is 28.8. The van der Waals surface area contributed by atoms with Crippen molar-refractivity contribution < 1.29 is 14.3 Å². The van der Waals surface area contributed by atoms with Gasteiger partial charge in [-0.1, -0.05) is 24.3 Å². The van der Waals surface area contributed by atoms with E-state index < -0.39 is 0 Å². The molecule has 0 atom stereocenters. The monoisotopic (exact) mass is 556 g/mol. The number of aromatic amines is 1. The summed E-state index contributed by atoms with van der Waals surface area (Å²) in [5, 5.41) is 0. The van der Waals surface area contributed by atoms with Crippen molar-refractivity contribution in [1.29, 1.82) is 0 Å². The third-order valence-corrected chi connectivity index (χ3v) is 8.13. The van der Waals surface area contributed by atoms with Crippen LogP contribution in [0.2, 0.25) is 0 Å². The molecule has 4 aromatic rings. The first-order chi connectivity index (χ1) is 20.0. The third kappa shape index (κ3) is 6.49. The van der Waals surface area contributed by atoms with Crippen LogP contribution in [-0.2, 0) is 6.42 Å². The summed E-state index contributed by atoms with van der Waals surface area (Å²) < 4.78 is 13.7. The molecule has 5 rings (SSSR count). The lowest BCUT2D eigenvalue weighted by Gasteiger charge is -2.32. The van der Waals surface area contributed by atoms with Crippen LogP contribution < -0.4 is 15.2 Å². The number of amides is 1. The summed E-state index contributed by atoms with van der Waals surface area (Å²) in [5.74, 6) is 1.69. The van der Waals surface area contributed by atoms with Crippen molar-refractivity contribution in [2.45, 2.75) is 39.2 Å². The lowest BCUT2D eigenvalue weighted by atomic mass is 10.0. The van der Waals surface area contributed by atoms with Crippen molar-refractivity contribution in [2.24, 2.45) is 0 Å². The van der Waals surface area contributed by atoms with Crippen molar-refractivity contribution in [3.8, 4) is 11.5 Å². The van der Waals surface area contributed by atoms with Gasteiger partial charge in [0.2, 0.25) is 0 Å². The molecular weight excluding hydrogens is 516 g/mol. The highest BCUT2D eigenvalue weighted by atomic mass is 16.5. The number of benzene rings is 3. The van der Waals surface area contributed by atoms with Crippen molar-refractivity contribution >= 4 is 16.9 Å². The first-order valence-electron chi connectivity index (χ1n) is 14.6. The number of aromatic nitrogens is 2. The third-order valence-electron chi connectivity index (χ3n) is 8.13. The highest BCUT2D eigenvalue weighted by molar-refractivity contribution is 5.94. The quantitative estimate of drug-likeness (QED) is 0.277. The SMILES string of the molecule is CCN(CC)C(=O)c1ccc(Cc2cc(OC)ccc2OCCN2CCC(n3c(=O)[nH]c4ccccc43)CC2)cc1. The number of methoxy groups -OCH3 is 1. The van der Waals surface area contributed by atoms with Crippen molar-refractivity contribution in [2.75, 3.05) is 46.4 Å². The molecule has 1 aliphatic heterocycles. The van der Waals surface area contributed by atoms with Gasteiger partial charge in [-0.2, -0.15) is 0 Å². The Bertz CT molecular complexity index is 1510. The van der Waals surface area contributed by atoms with E-state index in [-0.39, 0.29) is 17.6 Å². The normalized spacial score (nSPS) is 14.3. The van der Waals surface area contributed by atoms with Gasteiger partial charge in [0.05, 0.1) is 18.1 Å². The van der Waals surface area contributed by atoms with Crippen molar-refractivity contribution in [3.05, 3.63) is 93.9 Å². The number of rotatable bonds is 11. The van der Waals surface area contributed by atoms with Crippen LogP contribution in [0.25, 0.3) is 11.0 Å². The van der Waals surface area contributed by atoms with Crippen LogP contribution in [0.3, 0.4) is 0 Å². The number of nitrogens with one attached hydrogen (secondary N) is 1. The second-order valence-electron chi connectivity index (χ2n) is 10.6. The number of piperidine rings is 1. The predicted molar refractivity (Wildman–Crippen MR) is 162 cm³/mol. The molecule has 1 saturated heterocycles. The molecule has 2 heterocycles. The summed E-state index contributed by atoms with van der Waals surface area (Å²) in [7, 11) is 1.67. The van der Waals surface area contributed by atoms with E-state index in [1.807, 2.05) is 90.0 Å². The first-order valence-corrected chi connectivity index (χ1v) is 14.6. The van der Waals surface area contributed by atoms with Gasteiger partial charge < -0.3 is 19.4 Å². The Morgan fingerprint density at radius 1 is 1.00 bits per heavy atom. The van der Waals surface area contributed by atoms with Crippen LogP contribution in [-0.4, -0.2) is 71.7 Å². The summed E-state index contributed by atoms with van der Waals surface area (Å²) in [5.41, 5.74) is 4.71. The molecule has 0 unspecified atom stereocenters. The van der Waals surface area contributed by atoms with E-state index in [1.54, 1.807) is 7.11 Å². The molecule has 41 heavy (non-hydrogen) atoms. The van der Waals surface area contributed by atoms with Crippen LogP contribution in [0.5, 0.6) is 11.5 Å². The number of hydrogen-bond donors (Lipinski definition) is 1. The largest absolute Gasteiger partial charge is 0.497 e. The van der Waals surface area contributed by atoms with E-state index >= 15 is 0 Å². The van der Waals surface area contributed by atoms with E-state index in [9.17, 15) is 9.59 Å². The molecule has 1 aromatic heterocycles. The van der Waals surface area contributed by atoms with Crippen LogP contribution >= 0.6 is 0 Å². The Morgan fingerprint density at radius 2 is 1.73 bits per heavy atom. The van der Waals surface area contributed by atoms with E-state index in [4.69, 9.17) is 9.47 Å². The van der Waals surface area contributed by atoms with Crippen LogP contribution in [0.1, 0.15) is 54.2 Å². The summed E-state index contributed by atoms with van der Waals surface area (Å²) >= 11 is 0. The molecule has 1 aliphatic rings. The maximum Gasteiger partial charge on any atom is 0.326 e. The Balaban J connectivity index is 1.18. The Morgan fingerprint density at radius 3 is 2.44 bits per heavy atom. The summed E-state index contributed by atoms with van der Waals surface area (Å²) in [6.45, 7) is 8.64. The maximum atomic E-state index is 12.7. The zero-order valence-corrected chi connectivity index (χ0v) is 24.3. The number of ether oxygens (including phenoxy) is 2. The lowest BCUT2D eigenvalue weighted by molar-refractivity contribution is 0.0773. The predicted octanol–water partition coefficient (Wildman–Crippen LogP) is 5.13. The van der Waals surface area contributed by atoms with E-state index in [1.165, 1.54) is 0 Å². The minimum atomic E-state index is -0.0230. The number of carbonyl (C=O) groups excluding carboxylic acids is 1. The summed E-state index contributed by atoms with van der Waals surface area (Å²) in [6.07, 6.45) is 2.54. The van der Waals surface area contributed by atoms with Gasteiger partial charge in [-0.25, -0.2) is 4.79 Å². The minimum absolute atomic E-state index is 0.0230. The molecule has 0 saturated carbocycles. The Hall–Kier alpha value is -4.04. The first kappa shape index (κ1) is 28.5. The van der Waals surface area contributed by atoms with Crippen LogP contribution in [0.15, 0.2) is 71.5 Å². The average molecular weight is 557 g/mol. The van der Waals surface area contributed by atoms with Gasteiger partial charge in [-0.05, 0) is 74.7 Å². The average Bonchev–Trinajstić information content (AvgIpc) is 3.34. The summed E-state index contributed by atoms with van der Waals surface area (Å²) in [4.78, 5) is 32.5. The van der Waals surface area contributed by atoms with Gasteiger partial charge in [0.15, 0.2) is 0 Å². The fraction of sp³-hybridized carbons (Fsp3) is 0.394. The molecule has 0 bridgehead atoms. The number of para-hydroxylation sites is 2. The molecule has 1 fully saturated rings. The van der Waals surface area contributed by atoms with Gasteiger partial charge >= 0.3 is 5.69 Å². The number of H-pyrrole nitrogens is 1. The Kier molecular flexibility index (Phi) is 9.09. The standard InChI is InChI=1S/C33H40N4O4/c1-4-36(5-2)32(38)25-12-10-24(11-13-25)22-26-23-28(40-3)14-15-31(26)41-21-20-35-18-16-27(17-19-35)37-30-9-7-6-8-29(30)34-33(37)39/h6-15,23,27H,4-5,16-22H2,1-3H3,(H,34,39). The second kappa shape index (κ2) is 13.1. The van der Waals surface area contributed by atoms with Crippen molar-refractivity contribution in [3.63, 3.8) is 0 Å². The van der Waals surface area contributed by atoms with E-state index in [0.29, 0.717) is 31.7 Å². The molecule has 216 valence electrons. The molecule has 0 aliphatic carbocycles. The van der Waals surface area contributed by atoms with Crippen molar-refractivity contribution in [1.82, 2.24) is 19.4 Å². The van der Waals surface area contributed by atoms with E-state index in [0.717, 1.165) is 66.1 Å². The molecule has 8 nitrogen and oxygen atoms in total. The molecule has 1 N–H and O–H groups in total. The van der Waals surface area contributed by atoms with E-state index in [2.05, 4.69) is 9.88 Å². The number of imidazole rings is 1. The minimum Gasteiger partial charge on any atom is -0.497 e. The van der Waals surface area contributed by atoms with Crippen LogP contribution in [0.4, 0.5) is 0 Å². The molecule has 0 radical (unpaired) electrons. The number of carbonyl (C=O) groups is 1. The molecule has 3 aromatic carbocycles. The maximum absolute atomic E-state index is 12.7. The number of fused-ring (bicyclic) bond motifs is 1. The van der Waals surface area contributed by atoms with Crippen LogP contribution in [0, 0.1) is 0 Å². The molecule has 8 heteroatoms. The zero-order valence-electron chi connectivity index (χ0n) is 24.3. The highest BCUT2D eigenvalue weighted by Gasteiger charge is 2.23. The summed E-state index contributed by atoms with van der Waals surface area (Å²) in [6, 6.07) is 21.9. The van der Waals surface area contributed by atoms with Gasteiger partial charge in [0.1, 0.15) is 18.1 Å². The lowest BCUT2D eigenvalue weighted by Crippen LogP contribution is -2.38. The highest BCUT2D eigenvalue weighted by Crippen LogP contribution is 2.28. The van der Waals surface area contributed by atoms with Gasteiger partial charge in [0, 0.05) is 56.3 Å². The topological polar surface area (TPSA) is 79.8 Å². The number of hydrogen-bond acceptors (Lipinski definition) is 5. The van der Waals surface area contributed by atoms with Gasteiger partial charge in [-0.3, -0.25) is 14.3 Å². The second-order valence-corrected chi connectivity index (χ2v) is 10.6. The smallest absolute Gasteiger partial charge is 0.326 e. The number of likely N-dealkylation sites (tertiary alicyclic amines) is 1. The molecule has 0 spiro atoms. The van der Waals surface area contributed by atoms with Gasteiger partial charge in [-0.15, -0.1) is 0 Å². The fourth-order valence-electron chi connectivity index (χ4n) is 5.76.